The molecule has 0 N–H and O–H groups in total. The smallest absolute Gasteiger partial charge is 0.147 e. The molecule has 2 nitrogen and oxygen atoms in total. The standard InChI is InChI=1S/C48H28F4N2/c49-35-15-21-41(51)45(27-35)53(37-17-9-29-5-1-3-7-33(29)25-37)43-23-13-31-12-20-40-44(24-14-32-11-19-39(43)47(31)48(32)40)54(46-28-36(50)16-22-42(46)52)38-18-10-30-6-2-4-8-34(30)26-38/h1-28H. The first-order valence-corrected chi connectivity index (χ1v) is 17.6. The molecule has 0 saturated carbocycles. The van der Waals surface area contributed by atoms with Gasteiger partial charge in [0, 0.05) is 34.3 Å². The SMILES string of the molecule is Fc1ccc(F)c(N(c2ccc3ccccc3c2)c2ccc3ccc4c(N(c5ccc6ccccc6c5)c5cc(F)ccc5F)ccc5ccc2c3c54)c1. The van der Waals surface area contributed by atoms with E-state index in [9.17, 15) is 8.78 Å². The topological polar surface area (TPSA) is 6.48 Å². The summed E-state index contributed by atoms with van der Waals surface area (Å²) in [5, 5.41) is 9.28. The molecule has 10 rings (SSSR count). The molecule has 0 saturated heterocycles. The predicted molar refractivity (Wildman–Crippen MR) is 214 cm³/mol. The highest BCUT2D eigenvalue weighted by molar-refractivity contribution is 6.28. The maximum atomic E-state index is 15.9. The van der Waals surface area contributed by atoms with Crippen LogP contribution < -0.4 is 9.80 Å². The van der Waals surface area contributed by atoms with E-state index in [2.05, 4.69) is 0 Å². The number of halogens is 4. The van der Waals surface area contributed by atoms with Crippen LogP contribution >= 0.6 is 0 Å². The van der Waals surface area contributed by atoms with Crippen molar-refractivity contribution in [1.82, 2.24) is 0 Å². The maximum Gasteiger partial charge on any atom is 0.147 e. The van der Waals surface area contributed by atoms with E-state index in [0.29, 0.717) is 22.7 Å². The van der Waals surface area contributed by atoms with E-state index in [1.165, 1.54) is 12.1 Å². The summed E-state index contributed by atoms with van der Waals surface area (Å²) in [6.07, 6.45) is 0. The third kappa shape index (κ3) is 5.10. The molecule has 0 fully saturated rings. The quantitative estimate of drug-likeness (QED) is 0.125. The van der Waals surface area contributed by atoms with E-state index in [1.807, 2.05) is 133 Å². The van der Waals surface area contributed by atoms with Crippen molar-refractivity contribution >= 4 is 88.0 Å². The summed E-state index contributed by atoms with van der Waals surface area (Å²) in [5.74, 6) is -2.25. The normalized spacial score (nSPS) is 11.7. The Morgan fingerprint density at radius 3 is 1.13 bits per heavy atom. The zero-order valence-electron chi connectivity index (χ0n) is 28.6. The molecule has 0 aromatic heterocycles. The van der Waals surface area contributed by atoms with Crippen LogP contribution in [0.2, 0.25) is 0 Å². The third-order valence-corrected chi connectivity index (χ3v) is 10.4. The molecule has 0 radical (unpaired) electrons. The Balaban J connectivity index is 1.25. The average Bonchev–Trinajstić information content (AvgIpc) is 3.20. The van der Waals surface area contributed by atoms with E-state index < -0.39 is 23.3 Å². The molecule has 54 heavy (non-hydrogen) atoms. The molecule has 0 aliphatic rings. The monoisotopic (exact) mass is 708 g/mol. The summed E-state index contributed by atoms with van der Waals surface area (Å²) in [6, 6.07) is 50.4. The van der Waals surface area contributed by atoms with Crippen LogP contribution in [0.5, 0.6) is 0 Å². The van der Waals surface area contributed by atoms with Gasteiger partial charge >= 0.3 is 0 Å². The molecule has 0 amide bonds. The number of hydrogen-bond donors (Lipinski definition) is 0. The summed E-state index contributed by atoms with van der Waals surface area (Å²) >= 11 is 0. The Hall–Kier alpha value is -6.92. The molecular formula is C48H28F4N2. The lowest BCUT2D eigenvalue weighted by molar-refractivity contribution is 0.601. The second-order valence-corrected chi connectivity index (χ2v) is 13.5. The van der Waals surface area contributed by atoms with Gasteiger partial charge in [-0.1, -0.05) is 97.1 Å². The fourth-order valence-corrected chi connectivity index (χ4v) is 7.92. The Morgan fingerprint density at radius 1 is 0.296 bits per heavy atom. The molecular weight excluding hydrogens is 681 g/mol. The molecule has 10 aromatic carbocycles. The van der Waals surface area contributed by atoms with Crippen molar-refractivity contribution in [2.45, 2.75) is 0 Å². The zero-order chi connectivity index (χ0) is 36.5. The van der Waals surface area contributed by atoms with Gasteiger partial charge in [-0.15, -0.1) is 0 Å². The van der Waals surface area contributed by atoms with Crippen molar-refractivity contribution in [2.75, 3.05) is 9.80 Å². The van der Waals surface area contributed by atoms with E-state index in [-0.39, 0.29) is 11.4 Å². The summed E-state index contributed by atoms with van der Waals surface area (Å²) in [5.41, 5.74) is 2.79. The van der Waals surface area contributed by atoms with Crippen LogP contribution in [0.3, 0.4) is 0 Å². The first kappa shape index (κ1) is 31.8. The predicted octanol–water partition coefficient (Wildman–Crippen LogP) is 14.4. The van der Waals surface area contributed by atoms with E-state index in [4.69, 9.17) is 0 Å². The minimum absolute atomic E-state index is 0.0741. The lowest BCUT2D eigenvalue weighted by atomic mass is 9.91. The molecule has 0 atom stereocenters. The van der Waals surface area contributed by atoms with E-state index in [0.717, 1.165) is 78.1 Å². The molecule has 6 heteroatoms. The fraction of sp³-hybridized carbons (Fsp3) is 0. The minimum Gasteiger partial charge on any atom is -0.307 e. The fourth-order valence-electron chi connectivity index (χ4n) is 7.92. The van der Waals surface area contributed by atoms with E-state index in [1.54, 1.807) is 9.80 Å². The summed E-state index contributed by atoms with van der Waals surface area (Å²) < 4.78 is 61.6. The maximum absolute atomic E-state index is 15.9. The van der Waals surface area contributed by atoms with Crippen molar-refractivity contribution in [3.05, 3.63) is 193 Å². The molecule has 10 aromatic rings. The van der Waals surface area contributed by atoms with Gasteiger partial charge in [0.2, 0.25) is 0 Å². The summed E-state index contributed by atoms with van der Waals surface area (Å²) in [4.78, 5) is 3.53. The van der Waals surface area contributed by atoms with Crippen molar-refractivity contribution in [3.8, 4) is 0 Å². The highest BCUT2D eigenvalue weighted by Crippen LogP contribution is 2.48. The highest BCUT2D eigenvalue weighted by atomic mass is 19.1. The average molecular weight is 709 g/mol. The van der Waals surface area contributed by atoms with Crippen molar-refractivity contribution < 1.29 is 17.6 Å². The number of hydrogen-bond acceptors (Lipinski definition) is 2. The number of fused-ring (bicyclic) bond motifs is 2. The highest BCUT2D eigenvalue weighted by Gasteiger charge is 2.25. The number of anilines is 6. The van der Waals surface area contributed by atoms with Gasteiger partial charge in [-0.2, -0.15) is 0 Å². The number of nitrogens with zero attached hydrogens (tertiary/aromatic N) is 2. The van der Waals surface area contributed by atoms with Gasteiger partial charge in [-0.3, -0.25) is 0 Å². The molecule has 0 spiro atoms. The van der Waals surface area contributed by atoms with Gasteiger partial charge in [-0.05, 0) is 104 Å². The second-order valence-electron chi connectivity index (χ2n) is 13.5. The van der Waals surface area contributed by atoms with E-state index >= 15 is 8.78 Å². The van der Waals surface area contributed by atoms with Crippen LogP contribution in [0.25, 0.3) is 53.9 Å². The van der Waals surface area contributed by atoms with Crippen LogP contribution in [0.1, 0.15) is 0 Å². The van der Waals surface area contributed by atoms with Crippen molar-refractivity contribution in [3.63, 3.8) is 0 Å². The molecule has 0 bridgehead atoms. The van der Waals surface area contributed by atoms with Gasteiger partial charge in [0.15, 0.2) is 0 Å². The zero-order valence-corrected chi connectivity index (χ0v) is 28.6. The molecule has 0 unspecified atom stereocenters. The van der Waals surface area contributed by atoms with Gasteiger partial charge in [-0.25, -0.2) is 17.6 Å². The molecule has 258 valence electrons. The van der Waals surface area contributed by atoms with Crippen molar-refractivity contribution in [1.29, 1.82) is 0 Å². The molecule has 0 aliphatic heterocycles. The summed E-state index contributed by atoms with van der Waals surface area (Å²) in [7, 11) is 0. The first-order chi connectivity index (χ1) is 26.4. The van der Waals surface area contributed by atoms with Crippen LogP contribution in [0.4, 0.5) is 51.7 Å². The Labute approximate surface area is 307 Å². The van der Waals surface area contributed by atoms with Crippen LogP contribution in [0.15, 0.2) is 170 Å². The number of benzene rings is 10. The summed E-state index contributed by atoms with van der Waals surface area (Å²) in [6.45, 7) is 0. The van der Waals surface area contributed by atoms with Crippen LogP contribution in [-0.4, -0.2) is 0 Å². The molecule has 0 aliphatic carbocycles. The van der Waals surface area contributed by atoms with Crippen molar-refractivity contribution in [2.24, 2.45) is 0 Å². The molecule has 0 heterocycles. The van der Waals surface area contributed by atoms with Gasteiger partial charge in [0.1, 0.15) is 23.3 Å². The largest absolute Gasteiger partial charge is 0.307 e. The Bertz CT molecular complexity index is 2880. The number of rotatable bonds is 6. The van der Waals surface area contributed by atoms with Crippen LogP contribution in [-0.2, 0) is 0 Å². The van der Waals surface area contributed by atoms with Gasteiger partial charge in [0.25, 0.3) is 0 Å². The van der Waals surface area contributed by atoms with Gasteiger partial charge in [0.05, 0.1) is 22.7 Å². The Morgan fingerprint density at radius 2 is 0.685 bits per heavy atom. The lowest BCUT2D eigenvalue weighted by Crippen LogP contribution is -2.13. The lowest BCUT2D eigenvalue weighted by Gasteiger charge is -2.30. The third-order valence-electron chi connectivity index (χ3n) is 10.4. The second kappa shape index (κ2) is 12.3. The Kier molecular flexibility index (Phi) is 7.27. The van der Waals surface area contributed by atoms with Gasteiger partial charge < -0.3 is 9.80 Å². The first-order valence-electron chi connectivity index (χ1n) is 17.6. The van der Waals surface area contributed by atoms with Crippen LogP contribution in [0, 0.1) is 23.3 Å². The minimum atomic E-state index is -0.569.